The SMILES string of the molecule is CC(C)(C)OC(=O)N1C[C@@H](C(=O)N2C(=O)OC[C@H]2Cc2ccccc2)[C@H](c2ccc(Cl)c(Cl)c2)C1. The number of ether oxygens (including phenoxy) is 2. The second kappa shape index (κ2) is 10.1. The van der Waals surface area contributed by atoms with Crippen molar-refractivity contribution in [3.8, 4) is 0 Å². The van der Waals surface area contributed by atoms with Gasteiger partial charge in [0.25, 0.3) is 0 Å². The number of likely N-dealkylation sites (tertiary alicyclic amines) is 1. The fourth-order valence-electron chi connectivity index (χ4n) is 4.56. The number of hydrogen-bond acceptors (Lipinski definition) is 5. The molecule has 186 valence electrons. The molecule has 2 saturated heterocycles. The van der Waals surface area contributed by atoms with Gasteiger partial charge in [-0.15, -0.1) is 0 Å². The van der Waals surface area contributed by atoms with Gasteiger partial charge < -0.3 is 14.4 Å². The highest BCUT2D eigenvalue weighted by molar-refractivity contribution is 6.42. The maximum atomic E-state index is 13.8. The Hall–Kier alpha value is -2.77. The summed E-state index contributed by atoms with van der Waals surface area (Å²) >= 11 is 12.4. The monoisotopic (exact) mass is 518 g/mol. The first-order valence-corrected chi connectivity index (χ1v) is 12.3. The van der Waals surface area contributed by atoms with Crippen molar-refractivity contribution in [2.45, 2.75) is 44.8 Å². The fourth-order valence-corrected chi connectivity index (χ4v) is 4.86. The fraction of sp³-hybridized carbons (Fsp3) is 0.423. The number of carbonyl (C=O) groups excluding carboxylic acids is 3. The van der Waals surface area contributed by atoms with E-state index in [9.17, 15) is 14.4 Å². The lowest BCUT2D eigenvalue weighted by molar-refractivity contribution is -0.133. The first-order valence-electron chi connectivity index (χ1n) is 11.5. The number of carbonyl (C=O) groups is 3. The Morgan fingerprint density at radius 3 is 2.43 bits per heavy atom. The number of halogens is 2. The molecule has 2 aliphatic heterocycles. The first-order chi connectivity index (χ1) is 16.5. The Morgan fingerprint density at radius 1 is 1.06 bits per heavy atom. The molecular weight excluding hydrogens is 491 g/mol. The Morgan fingerprint density at radius 2 is 1.77 bits per heavy atom. The Kier molecular flexibility index (Phi) is 7.29. The zero-order valence-electron chi connectivity index (χ0n) is 19.9. The van der Waals surface area contributed by atoms with Crippen molar-refractivity contribution in [2.24, 2.45) is 5.92 Å². The highest BCUT2D eigenvalue weighted by Crippen LogP contribution is 2.38. The van der Waals surface area contributed by atoms with Crippen LogP contribution in [0.3, 0.4) is 0 Å². The molecule has 0 spiro atoms. The molecule has 0 unspecified atom stereocenters. The maximum absolute atomic E-state index is 13.8. The van der Waals surface area contributed by atoms with Crippen molar-refractivity contribution >= 4 is 41.3 Å². The molecule has 2 aromatic rings. The molecule has 0 radical (unpaired) electrons. The van der Waals surface area contributed by atoms with Crippen molar-refractivity contribution in [1.82, 2.24) is 9.80 Å². The standard InChI is InChI=1S/C26H28Cl2N2O5/c1-26(2,3)35-24(32)29-13-19(17-9-10-21(27)22(28)12-17)20(14-29)23(31)30-18(15-34-25(30)33)11-16-7-5-4-6-8-16/h4-10,12,18-20H,11,13-15H2,1-3H3/t18-,19+,20-/m1/s1. The summed E-state index contributed by atoms with van der Waals surface area (Å²) in [7, 11) is 0. The van der Waals surface area contributed by atoms with Gasteiger partial charge in [-0.1, -0.05) is 59.6 Å². The number of nitrogens with zero attached hydrogens (tertiary/aromatic N) is 2. The van der Waals surface area contributed by atoms with E-state index in [1.807, 2.05) is 30.3 Å². The van der Waals surface area contributed by atoms with E-state index in [1.165, 1.54) is 9.80 Å². The minimum Gasteiger partial charge on any atom is -0.447 e. The van der Waals surface area contributed by atoms with Gasteiger partial charge in [0.1, 0.15) is 12.2 Å². The Labute approximate surface area is 214 Å². The number of cyclic esters (lactones) is 1. The number of hydrogen-bond donors (Lipinski definition) is 0. The molecular formula is C26H28Cl2N2O5. The van der Waals surface area contributed by atoms with Crippen LogP contribution in [0.2, 0.25) is 10.0 Å². The highest BCUT2D eigenvalue weighted by Gasteiger charge is 2.48. The van der Waals surface area contributed by atoms with E-state index in [2.05, 4.69) is 0 Å². The molecule has 0 aromatic heterocycles. The quantitative estimate of drug-likeness (QED) is 0.531. The predicted octanol–water partition coefficient (Wildman–Crippen LogP) is 5.53. The van der Waals surface area contributed by atoms with Gasteiger partial charge in [-0.2, -0.15) is 0 Å². The van der Waals surface area contributed by atoms with E-state index in [0.29, 0.717) is 16.5 Å². The van der Waals surface area contributed by atoms with Crippen LogP contribution in [0, 0.1) is 5.92 Å². The van der Waals surface area contributed by atoms with Crippen LogP contribution in [-0.2, 0) is 20.7 Å². The van der Waals surface area contributed by atoms with Crippen LogP contribution in [0.4, 0.5) is 9.59 Å². The molecule has 3 atom stereocenters. The lowest BCUT2D eigenvalue weighted by atomic mass is 9.87. The van der Waals surface area contributed by atoms with Crippen molar-refractivity contribution in [3.63, 3.8) is 0 Å². The first kappa shape index (κ1) is 25.3. The topological polar surface area (TPSA) is 76.2 Å². The molecule has 2 aromatic carbocycles. The van der Waals surface area contributed by atoms with Crippen LogP contribution in [0.1, 0.15) is 37.8 Å². The van der Waals surface area contributed by atoms with Gasteiger partial charge in [-0.3, -0.25) is 4.79 Å². The third-order valence-electron chi connectivity index (χ3n) is 6.17. The number of imide groups is 1. The van der Waals surface area contributed by atoms with Crippen LogP contribution in [0.15, 0.2) is 48.5 Å². The van der Waals surface area contributed by atoms with Crippen LogP contribution in [0.5, 0.6) is 0 Å². The van der Waals surface area contributed by atoms with Crippen LogP contribution < -0.4 is 0 Å². The van der Waals surface area contributed by atoms with Crippen molar-refractivity contribution in [2.75, 3.05) is 19.7 Å². The normalized spacial score (nSPS) is 22.3. The zero-order chi connectivity index (χ0) is 25.3. The van der Waals surface area contributed by atoms with E-state index in [-0.39, 0.29) is 25.6 Å². The molecule has 4 rings (SSSR count). The lowest BCUT2D eigenvalue weighted by Crippen LogP contribution is -2.45. The second-order valence-electron chi connectivity index (χ2n) is 9.90. The molecule has 0 saturated carbocycles. The van der Waals surface area contributed by atoms with Gasteiger partial charge in [0.05, 0.1) is 22.0 Å². The van der Waals surface area contributed by atoms with Gasteiger partial charge in [-0.05, 0) is 50.5 Å². The Balaban J connectivity index is 1.62. The van der Waals surface area contributed by atoms with Crippen LogP contribution >= 0.6 is 23.2 Å². The van der Waals surface area contributed by atoms with Gasteiger partial charge in [0, 0.05) is 19.0 Å². The van der Waals surface area contributed by atoms with E-state index < -0.39 is 35.7 Å². The summed E-state index contributed by atoms with van der Waals surface area (Å²) in [6, 6.07) is 14.4. The summed E-state index contributed by atoms with van der Waals surface area (Å²) in [5.74, 6) is -1.45. The lowest BCUT2D eigenvalue weighted by Gasteiger charge is -2.26. The van der Waals surface area contributed by atoms with E-state index in [0.717, 1.165) is 11.1 Å². The van der Waals surface area contributed by atoms with E-state index >= 15 is 0 Å². The molecule has 35 heavy (non-hydrogen) atoms. The number of rotatable bonds is 4. The van der Waals surface area contributed by atoms with Crippen LogP contribution in [-0.4, -0.2) is 59.2 Å². The maximum Gasteiger partial charge on any atom is 0.416 e. The third-order valence-corrected chi connectivity index (χ3v) is 6.91. The summed E-state index contributed by atoms with van der Waals surface area (Å²) in [6.45, 7) is 5.84. The highest BCUT2D eigenvalue weighted by atomic mass is 35.5. The van der Waals surface area contributed by atoms with Gasteiger partial charge in [0.15, 0.2) is 0 Å². The minimum absolute atomic E-state index is 0.112. The molecule has 2 heterocycles. The summed E-state index contributed by atoms with van der Waals surface area (Å²) in [5, 5.41) is 0.750. The molecule has 0 bridgehead atoms. The van der Waals surface area contributed by atoms with Crippen LogP contribution in [0.25, 0.3) is 0 Å². The second-order valence-corrected chi connectivity index (χ2v) is 10.7. The summed E-state index contributed by atoms with van der Waals surface area (Å²) < 4.78 is 10.8. The molecule has 9 heteroatoms. The molecule has 2 fully saturated rings. The average Bonchev–Trinajstić information content (AvgIpc) is 3.39. The smallest absolute Gasteiger partial charge is 0.416 e. The molecule has 0 N–H and O–H groups in total. The van der Waals surface area contributed by atoms with E-state index in [1.54, 1.807) is 39.0 Å². The van der Waals surface area contributed by atoms with E-state index in [4.69, 9.17) is 32.7 Å². The average molecular weight is 519 g/mol. The molecule has 3 amide bonds. The van der Waals surface area contributed by atoms with Gasteiger partial charge in [0.2, 0.25) is 5.91 Å². The largest absolute Gasteiger partial charge is 0.447 e. The predicted molar refractivity (Wildman–Crippen MR) is 133 cm³/mol. The van der Waals surface area contributed by atoms with Gasteiger partial charge >= 0.3 is 12.2 Å². The molecule has 0 aliphatic carbocycles. The molecule has 7 nitrogen and oxygen atoms in total. The van der Waals surface area contributed by atoms with Crippen molar-refractivity contribution in [3.05, 3.63) is 69.7 Å². The Bertz CT molecular complexity index is 1120. The zero-order valence-corrected chi connectivity index (χ0v) is 21.4. The third kappa shape index (κ3) is 5.73. The number of benzene rings is 2. The molecule has 2 aliphatic rings. The van der Waals surface area contributed by atoms with Crippen molar-refractivity contribution < 1.29 is 23.9 Å². The van der Waals surface area contributed by atoms with Crippen molar-refractivity contribution in [1.29, 1.82) is 0 Å². The number of amides is 3. The van der Waals surface area contributed by atoms with Gasteiger partial charge in [-0.25, -0.2) is 14.5 Å². The summed E-state index contributed by atoms with van der Waals surface area (Å²) in [5.41, 5.74) is 1.07. The summed E-state index contributed by atoms with van der Waals surface area (Å²) in [6.07, 6.45) is -0.694. The minimum atomic E-state index is -0.683. The summed E-state index contributed by atoms with van der Waals surface area (Å²) in [4.78, 5) is 42.1.